The molecule has 0 aliphatic heterocycles. The van der Waals surface area contributed by atoms with Crippen LogP contribution in [-0.4, -0.2) is 26.4 Å². The predicted octanol–water partition coefficient (Wildman–Crippen LogP) is 3.63. The van der Waals surface area contributed by atoms with Gasteiger partial charge < -0.3 is 14.2 Å². The highest BCUT2D eigenvalue weighted by Gasteiger charge is 2.16. The Morgan fingerprint density at radius 2 is 1.94 bits per heavy atom. The number of ether oxygens (including phenoxy) is 3. The van der Waals surface area contributed by atoms with E-state index in [1.54, 1.807) is 14.2 Å². The van der Waals surface area contributed by atoms with Crippen LogP contribution in [0.2, 0.25) is 0 Å². The monoisotopic (exact) mass is 272 g/mol. The van der Waals surface area contributed by atoms with E-state index in [4.69, 9.17) is 25.8 Å². The van der Waals surface area contributed by atoms with Crippen LogP contribution in [0.5, 0.6) is 11.5 Å². The third kappa shape index (κ3) is 4.39. The van der Waals surface area contributed by atoms with E-state index in [2.05, 4.69) is 0 Å². The lowest BCUT2D eigenvalue weighted by Gasteiger charge is -2.23. The number of benzene rings is 1. The van der Waals surface area contributed by atoms with Crippen LogP contribution in [0.25, 0.3) is 0 Å². The van der Waals surface area contributed by atoms with Crippen LogP contribution in [0.15, 0.2) is 18.2 Å². The second-order valence-corrected chi connectivity index (χ2v) is 4.94. The molecule has 0 bridgehead atoms. The van der Waals surface area contributed by atoms with Crippen LogP contribution in [-0.2, 0) is 10.6 Å². The average molecular weight is 273 g/mol. The highest BCUT2D eigenvalue weighted by atomic mass is 35.5. The molecular weight excluding hydrogens is 252 g/mol. The lowest BCUT2D eigenvalue weighted by molar-refractivity contribution is 0.00538. The Balaban J connectivity index is 2.65. The van der Waals surface area contributed by atoms with Gasteiger partial charge in [-0.2, -0.15) is 0 Å². The first-order chi connectivity index (χ1) is 8.52. The van der Waals surface area contributed by atoms with Gasteiger partial charge in [0.2, 0.25) is 0 Å². The summed E-state index contributed by atoms with van der Waals surface area (Å²) in [4.78, 5) is 0. The molecule has 0 atom stereocenters. The van der Waals surface area contributed by atoms with Gasteiger partial charge in [0.05, 0.1) is 25.2 Å². The molecule has 18 heavy (non-hydrogen) atoms. The molecule has 0 aromatic heterocycles. The zero-order valence-corrected chi connectivity index (χ0v) is 12.2. The second-order valence-electron chi connectivity index (χ2n) is 4.67. The summed E-state index contributed by atoms with van der Waals surface area (Å²) in [5.74, 6) is 1.97. The maximum absolute atomic E-state index is 5.88. The van der Waals surface area contributed by atoms with Gasteiger partial charge in [0.1, 0.15) is 11.5 Å². The fraction of sp³-hybridized carbons (Fsp3) is 0.571. The quantitative estimate of drug-likeness (QED) is 0.710. The summed E-state index contributed by atoms with van der Waals surface area (Å²) >= 11 is 5.88. The summed E-state index contributed by atoms with van der Waals surface area (Å²) in [5, 5.41) is 0. The smallest absolute Gasteiger partial charge is 0.127 e. The minimum absolute atomic E-state index is 0.181. The van der Waals surface area contributed by atoms with Crippen LogP contribution in [0, 0.1) is 0 Å². The van der Waals surface area contributed by atoms with Crippen molar-refractivity contribution in [2.45, 2.75) is 31.7 Å². The molecule has 0 aliphatic carbocycles. The molecule has 0 spiro atoms. The van der Waals surface area contributed by atoms with Gasteiger partial charge in [-0.25, -0.2) is 0 Å². The lowest BCUT2D eigenvalue weighted by Crippen LogP contribution is -2.25. The minimum Gasteiger partial charge on any atom is -0.497 e. The van der Waals surface area contributed by atoms with Crippen LogP contribution in [0.4, 0.5) is 0 Å². The molecule has 0 fully saturated rings. The zero-order valence-electron chi connectivity index (χ0n) is 11.5. The van der Waals surface area contributed by atoms with E-state index in [-0.39, 0.29) is 5.60 Å². The molecule has 0 N–H and O–H groups in total. The number of halogens is 1. The third-order valence-electron chi connectivity index (χ3n) is 2.93. The van der Waals surface area contributed by atoms with Crippen LogP contribution in [0.3, 0.4) is 0 Å². The summed E-state index contributed by atoms with van der Waals surface area (Å²) in [6, 6.07) is 5.66. The molecule has 1 aromatic carbocycles. The number of alkyl halides is 1. The Morgan fingerprint density at radius 3 is 2.50 bits per heavy atom. The van der Waals surface area contributed by atoms with Gasteiger partial charge in [0.15, 0.2) is 0 Å². The van der Waals surface area contributed by atoms with Crippen LogP contribution in [0.1, 0.15) is 25.8 Å². The van der Waals surface area contributed by atoms with Gasteiger partial charge >= 0.3 is 0 Å². The van der Waals surface area contributed by atoms with Gasteiger partial charge in [0, 0.05) is 25.2 Å². The molecule has 0 saturated heterocycles. The van der Waals surface area contributed by atoms with Crippen molar-refractivity contribution in [2.75, 3.05) is 20.8 Å². The fourth-order valence-corrected chi connectivity index (χ4v) is 1.64. The first kappa shape index (κ1) is 15.1. The molecule has 3 nitrogen and oxygen atoms in total. The standard InChI is InChI=1S/C14H21ClO3/c1-14(2,17-4)7-8-18-13-9-12(16-3)6-5-11(13)10-15/h5-6,9H,7-8,10H2,1-4H3. The molecule has 0 radical (unpaired) electrons. The predicted molar refractivity (Wildman–Crippen MR) is 73.8 cm³/mol. The molecule has 1 rings (SSSR count). The SMILES string of the molecule is COc1ccc(CCl)c(OCCC(C)(C)OC)c1. The normalized spacial score (nSPS) is 11.4. The summed E-state index contributed by atoms with van der Waals surface area (Å²) < 4.78 is 16.3. The van der Waals surface area contributed by atoms with Crippen molar-refractivity contribution in [3.05, 3.63) is 23.8 Å². The minimum atomic E-state index is -0.181. The van der Waals surface area contributed by atoms with Crippen LogP contribution < -0.4 is 9.47 Å². The van der Waals surface area contributed by atoms with E-state index >= 15 is 0 Å². The van der Waals surface area contributed by atoms with Gasteiger partial charge in [-0.1, -0.05) is 6.07 Å². The van der Waals surface area contributed by atoms with Gasteiger partial charge in [-0.15, -0.1) is 11.6 Å². The number of methoxy groups -OCH3 is 2. The summed E-state index contributed by atoms with van der Waals surface area (Å²) in [6.07, 6.45) is 0.808. The number of hydrogen-bond donors (Lipinski definition) is 0. The number of hydrogen-bond acceptors (Lipinski definition) is 3. The van der Waals surface area contributed by atoms with Crippen molar-refractivity contribution in [3.8, 4) is 11.5 Å². The molecule has 0 aliphatic rings. The van der Waals surface area contributed by atoms with Crippen molar-refractivity contribution >= 4 is 11.6 Å². The third-order valence-corrected chi connectivity index (χ3v) is 3.22. The second kappa shape index (κ2) is 6.86. The van der Waals surface area contributed by atoms with Crippen molar-refractivity contribution in [3.63, 3.8) is 0 Å². The molecule has 1 aromatic rings. The highest BCUT2D eigenvalue weighted by Crippen LogP contribution is 2.26. The Hall–Kier alpha value is -0.930. The van der Waals surface area contributed by atoms with Crippen molar-refractivity contribution in [1.29, 1.82) is 0 Å². The Morgan fingerprint density at radius 1 is 1.22 bits per heavy atom. The molecule has 102 valence electrons. The number of rotatable bonds is 7. The molecule has 0 amide bonds. The van der Waals surface area contributed by atoms with Gasteiger partial charge in [0.25, 0.3) is 0 Å². The van der Waals surface area contributed by atoms with E-state index in [1.807, 2.05) is 32.0 Å². The van der Waals surface area contributed by atoms with Crippen molar-refractivity contribution < 1.29 is 14.2 Å². The Bertz CT molecular complexity index is 377. The Labute approximate surface area is 114 Å². The van der Waals surface area contributed by atoms with E-state index < -0.39 is 0 Å². The van der Waals surface area contributed by atoms with E-state index in [0.29, 0.717) is 12.5 Å². The van der Waals surface area contributed by atoms with E-state index in [9.17, 15) is 0 Å². The molecule has 0 unspecified atom stereocenters. The fourth-order valence-electron chi connectivity index (χ4n) is 1.42. The maximum atomic E-state index is 5.88. The highest BCUT2D eigenvalue weighted by molar-refractivity contribution is 6.17. The molecule has 0 saturated carbocycles. The summed E-state index contributed by atoms with van der Waals surface area (Å²) in [5.41, 5.74) is 0.785. The zero-order chi connectivity index (χ0) is 13.6. The van der Waals surface area contributed by atoms with Crippen molar-refractivity contribution in [1.82, 2.24) is 0 Å². The van der Waals surface area contributed by atoms with Gasteiger partial charge in [-0.05, 0) is 19.9 Å². The lowest BCUT2D eigenvalue weighted by atomic mass is 10.1. The molecule has 0 heterocycles. The van der Waals surface area contributed by atoms with Gasteiger partial charge in [-0.3, -0.25) is 0 Å². The van der Waals surface area contributed by atoms with Crippen molar-refractivity contribution in [2.24, 2.45) is 0 Å². The first-order valence-corrected chi connectivity index (χ1v) is 6.46. The van der Waals surface area contributed by atoms with Crippen LogP contribution >= 0.6 is 11.6 Å². The maximum Gasteiger partial charge on any atom is 0.127 e. The largest absolute Gasteiger partial charge is 0.497 e. The van der Waals surface area contributed by atoms with E-state index in [1.165, 1.54) is 0 Å². The Kier molecular flexibility index (Phi) is 5.76. The molecular formula is C14H21ClO3. The average Bonchev–Trinajstić information content (AvgIpc) is 2.38. The van der Waals surface area contributed by atoms with E-state index in [0.717, 1.165) is 23.5 Å². The first-order valence-electron chi connectivity index (χ1n) is 5.93. The molecule has 4 heteroatoms. The summed E-state index contributed by atoms with van der Waals surface area (Å²) in [6.45, 7) is 4.65. The topological polar surface area (TPSA) is 27.7 Å². The summed E-state index contributed by atoms with van der Waals surface area (Å²) in [7, 11) is 3.34.